The predicted molar refractivity (Wildman–Crippen MR) is 106 cm³/mol. The van der Waals surface area contributed by atoms with Crippen LogP contribution in [-0.4, -0.2) is 27.3 Å². The topological polar surface area (TPSA) is 109 Å². The molecule has 1 aromatic carbocycles. The number of carbonyl (C=O) groups is 1. The van der Waals surface area contributed by atoms with Gasteiger partial charge in [-0.2, -0.15) is 5.10 Å². The first-order valence-electron chi connectivity index (χ1n) is 7.53. The van der Waals surface area contributed by atoms with Crippen molar-refractivity contribution in [1.82, 2.24) is 15.2 Å². The van der Waals surface area contributed by atoms with Gasteiger partial charge in [-0.25, -0.2) is 9.38 Å². The Balaban J connectivity index is 1.91. The van der Waals surface area contributed by atoms with E-state index in [1.54, 1.807) is 0 Å². The molecule has 2 heterocycles. The lowest BCUT2D eigenvalue weighted by atomic mass is 10.2. The quantitative estimate of drug-likeness (QED) is 0.295. The first-order chi connectivity index (χ1) is 12.6. The van der Waals surface area contributed by atoms with Gasteiger partial charge < -0.3 is 11.1 Å². The molecular weight excluding hydrogens is 450 g/mol. The third-order valence-corrected chi connectivity index (χ3v) is 4.32. The SMILES string of the molecule is NC(=O)c1c(Nc2cccc(CI)c2)n[nH]c1/N=C/c1ncccc1F. The van der Waals surface area contributed by atoms with Gasteiger partial charge in [-0.3, -0.25) is 14.9 Å². The molecule has 1 amide bonds. The van der Waals surface area contributed by atoms with E-state index < -0.39 is 11.7 Å². The first-order valence-corrected chi connectivity index (χ1v) is 9.05. The molecule has 0 bridgehead atoms. The van der Waals surface area contributed by atoms with Crippen molar-refractivity contribution in [2.24, 2.45) is 10.7 Å². The number of aromatic nitrogens is 3. The summed E-state index contributed by atoms with van der Waals surface area (Å²) in [5.74, 6) is -0.864. The lowest BCUT2D eigenvalue weighted by Crippen LogP contribution is -2.12. The molecule has 3 aromatic rings. The maximum Gasteiger partial charge on any atom is 0.256 e. The number of nitrogens with one attached hydrogen (secondary N) is 2. The summed E-state index contributed by atoms with van der Waals surface area (Å²) in [6, 6.07) is 10.4. The van der Waals surface area contributed by atoms with Gasteiger partial charge in [-0.15, -0.1) is 0 Å². The van der Waals surface area contributed by atoms with E-state index in [2.05, 4.69) is 48.1 Å². The van der Waals surface area contributed by atoms with Crippen LogP contribution in [0, 0.1) is 5.82 Å². The van der Waals surface area contributed by atoms with Crippen LogP contribution < -0.4 is 11.1 Å². The predicted octanol–water partition coefficient (Wildman–Crippen LogP) is 3.47. The van der Waals surface area contributed by atoms with Crippen LogP contribution in [0.15, 0.2) is 47.6 Å². The van der Waals surface area contributed by atoms with E-state index in [1.807, 2.05) is 24.3 Å². The monoisotopic (exact) mass is 464 g/mol. The Bertz CT molecular complexity index is 971. The molecule has 0 saturated heterocycles. The average molecular weight is 464 g/mol. The van der Waals surface area contributed by atoms with Crippen LogP contribution in [0.25, 0.3) is 0 Å². The zero-order valence-corrected chi connectivity index (χ0v) is 15.6. The highest BCUT2D eigenvalue weighted by atomic mass is 127. The van der Waals surface area contributed by atoms with Crippen LogP contribution in [0.5, 0.6) is 0 Å². The summed E-state index contributed by atoms with van der Waals surface area (Å²) < 4.78 is 14.5. The second-order valence-electron chi connectivity index (χ2n) is 5.25. The number of hydrogen-bond donors (Lipinski definition) is 3. The van der Waals surface area contributed by atoms with Crippen LogP contribution in [0.2, 0.25) is 0 Å². The van der Waals surface area contributed by atoms with Crippen LogP contribution >= 0.6 is 22.6 Å². The first kappa shape index (κ1) is 18.0. The number of benzene rings is 1. The number of pyridine rings is 1. The molecule has 0 aliphatic carbocycles. The molecule has 0 radical (unpaired) electrons. The molecule has 0 saturated carbocycles. The van der Waals surface area contributed by atoms with E-state index in [9.17, 15) is 9.18 Å². The third-order valence-electron chi connectivity index (χ3n) is 3.44. The highest BCUT2D eigenvalue weighted by Crippen LogP contribution is 2.26. The molecule has 7 nitrogen and oxygen atoms in total. The molecule has 26 heavy (non-hydrogen) atoms. The van der Waals surface area contributed by atoms with Crippen molar-refractivity contribution in [3.05, 3.63) is 65.2 Å². The van der Waals surface area contributed by atoms with Gasteiger partial charge in [0.1, 0.15) is 17.1 Å². The number of rotatable bonds is 6. The Morgan fingerprint density at radius 3 is 2.96 bits per heavy atom. The van der Waals surface area contributed by atoms with Gasteiger partial charge in [-0.1, -0.05) is 34.7 Å². The zero-order valence-electron chi connectivity index (χ0n) is 13.4. The van der Waals surface area contributed by atoms with E-state index in [0.717, 1.165) is 15.7 Å². The van der Waals surface area contributed by atoms with E-state index in [0.29, 0.717) is 0 Å². The fourth-order valence-electron chi connectivity index (χ4n) is 2.24. The van der Waals surface area contributed by atoms with Gasteiger partial charge in [0.2, 0.25) is 0 Å². The molecule has 0 aliphatic rings. The molecule has 0 atom stereocenters. The van der Waals surface area contributed by atoms with Gasteiger partial charge in [0.15, 0.2) is 11.6 Å². The number of anilines is 2. The van der Waals surface area contributed by atoms with Gasteiger partial charge in [-0.05, 0) is 29.8 Å². The molecule has 0 spiro atoms. The minimum absolute atomic E-state index is 0.0433. The number of H-pyrrole nitrogens is 1. The lowest BCUT2D eigenvalue weighted by Gasteiger charge is -2.06. The zero-order chi connectivity index (χ0) is 18.5. The molecular formula is C17H14FIN6O. The Hall–Kier alpha value is -2.82. The van der Waals surface area contributed by atoms with Crippen molar-refractivity contribution in [1.29, 1.82) is 0 Å². The number of hydrogen-bond acceptors (Lipinski definition) is 5. The fourth-order valence-corrected chi connectivity index (χ4v) is 2.71. The Morgan fingerprint density at radius 1 is 1.38 bits per heavy atom. The van der Waals surface area contributed by atoms with Gasteiger partial charge >= 0.3 is 0 Å². The number of nitrogens with two attached hydrogens (primary N) is 1. The van der Waals surface area contributed by atoms with Gasteiger partial charge in [0.25, 0.3) is 5.91 Å². The lowest BCUT2D eigenvalue weighted by molar-refractivity contribution is 0.100. The van der Waals surface area contributed by atoms with E-state index in [1.165, 1.54) is 24.5 Å². The van der Waals surface area contributed by atoms with Crippen molar-refractivity contribution < 1.29 is 9.18 Å². The number of carbonyl (C=O) groups excluding carboxylic acids is 1. The van der Waals surface area contributed by atoms with Crippen molar-refractivity contribution in [3.63, 3.8) is 0 Å². The maximum atomic E-state index is 13.6. The number of aliphatic imine (C=N–C) groups is 1. The summed E-state index contributed by atoms with van der Waals surface area (Å²) in [5, 5.41) is 9.74. The maximum absolute atomic E-state index is 13.6. The molecule has 9 heteroatoms. The summed E-state index contributed by atoms with van der Waals surface area (Å²) in [4.78, 5) is 19.8. The molecule has 0 fully saturated rings. The average Bonchev–Trinajstić information content (AvgIpc) is 3.04. The van der Waals surface area contributed by atoms with E-state index in [4.69, 9.17) is 5.73 Å². The molecule has 2 aromatic heterocycles. The molecule has 132 valence electrons. The number of amides is 1. The van der Waals surface area contributed by atoms with E-state index >= 15 is 0 Å². The Kier molecular flexibility index (Phi) is 5.56. The normalized spacial score (nSPS) is 11.0. The standard InChI is InChI=1S/C17H14FIN6O/c18-12-5-2-6-21-13(12)9-22-16-14(15(20)26)17(25-24-16)23-11-4-1-3-10(7-11)8-19/h1-7,9H,8H2,(H2,20,26)(H2,23,24,25)/b22-9+. The minimum atomic E-state index is -0.708. The number of aromatic amines is 1. The van der Waals surface area contributed by atoms with Gasteiger partial charge in [0, 0.05) is 16.3 Å². The largest absolute Gasteiger partial charge is 0.365 e. The van der Waals surface area contributed by atoms with Crippen molar-refractivity contribution in [2.75, 3.05) is 5.32 Å². The highest BCUT2D eigenvalue weighted by Gasteiger charge is 2.18. The molecule has 0 aliphatic heterocycles. The summed E-state index contributed by atoms with van der Waals surface area (Å²) >= 11 is 2.26. The van der Waals surface area contributed by atoms with Crippen LogP contribution in [0.1, 0.15) is 21.6 Å². The van der Waals surface area contributed by atoms with Crippen molar-refractivity contribution in [3.8, 4) is 0 Å². The molecule has 0 unspecified atom stereocenters. The fraction of sp³-hybridized carbons (Fsp3) is 0.0588. The number of primary amides is 1. The second-order valence-corrected chi connectivity index (χ2v) is 6.01. The van der Waals surface area contributed by atoms with Crippen LogP contribution in [0.4, 0.5) is 21.7 Å². The Labute approximate surface area is 162 Å². The minimum Gasteiger partial charge on any atom is -0.365 e. The number of halogens is 2. The Morgan fingerprint density at radius 2 is 2.23 bits per heavy atom. The summed E-state index contributed by atoms with van der Waals surface area (Å²) in [7, 11) is 0. The number of alkyl halides is 1. The smallest absolute Gasteiger partial charge is 0.256 e. The van der Waals surface area contributed by atoms with Crippen LogP contribution in [0.3, 0.4) is 0 Å². The number of nitrogens with zero attached hydrogens (tertiary/aromatic N) is 3. The molecule has 3 rings (SSSR count). The second kappa shape index (κ2) is 8.04. The van der Waals surface area contributed by atoms with Crippen molar-refractivity contribution >= 4 is 52.0 Å². The third kappa shape index (κ3) is 4.04. The molecule has 4 N–H and O–H groups in total. The summed E-state index contributed by atoms with van der Waals surface area (Å²) in [6.45, 7) is 0. The highest BCUT2D eigenvalue weighted by molar-refractivity contribution is 14.1. The van der Waals surface area contributed by atoms with Gasteiger partial charge in [0.05, 0.1) is 6.21 Å². The summed E-state index contributed by atoms with van der Waals surface area (Å²) in [6.07, 6.45) is 2.65. The summed E-state index contributed by atoms with van der Waals surface area (Å²) in [5.41, 5.74) is 7.47. The van der Waals surface area contributed by atoms with Crippen molar-refractivity contribution in [2.45, 2.75) is 4.43 Å². The van der Waals surface area contributed by atoms with Crippen LogP contribution in [-0.2, 0) is 4.43 Å². The van der Waals surface area contributed by atoms with E-state index in [-0.39, 0.29) is 22.9 Å².